The molecule has 1 aliphatic heterocycles. The van der Waals surface area contributed by atoms with Gasteiger partial charge in [0.1, 0.15) is 0 Å². The normalized spacial score (nSPS) is 14.3. The average molecular weight is 594 g/mol. The van der Waals surface area contributed by atoms with Gasteiger partial charge in [-0.05, 0) is 48.0 Å². The molecule has 3 aromatic heterocycles. The fourth-order valence-corrected chi connectivity index (χ4v) is 5.12. The van der Waals surface area contributed by atoms with Crippen molar-refractivity contribution in [2.24, 2.45) is 0 Å². The molecule has 10 nitrogen and oxygen atoms in total. The molecule has 0 unspecified atom stereocenters. The van der Waals surface area contributed by atoms with E-state index in [1.54, 1.807) is 49.4 Å². The second kappa shape index (κ2) is 11.8. The Morgan fingerprint density at radius 3 is 2.49 bits per heavy atom. The Morgan fingerprint density at radius 2 is 1.77 bits per heavy atom. The van der Waals surface area contributed by atoms with E-state index in [4.69, 9.17) is 18.9 Å². The zero-order valence-corrected chi connectivity index (χ0v) is 23.6. The molecule has 0 aliphatic carbocycles. The van der Waals surface area contributed by atoms with Crippen molar-refractivity contribution in [3.63, 3.8) is 0 Å². The predicted molar refractivity (Wildman–Crippen MR) is 154 cm³/mol. The number of aromatic nitrogens is 4. The van der Waals surface area contributed by atoms with Gasteiger partial charge in [0.25, 0.3) is 0 Å². The molecule has 0 bridgehead atoms. The van der Waals surface area contributed by atoms with E-state index in [2.05, 4.69) is 20.3 Å². The second-order valence-electron chi connectivity index (χ2n) is 10.1. The highest BCUT2D eigenvalue weighted by Crippen LogP contribution is 2.32. The molecule has 6 rings (SSSR count). The molecule has 43 heavy (non-hydrogen) atoms. The molecule has 1 saturated heterocycles. The number of ether oxygens (including phenoxy) is 2. The van der Waals surface area contributed by atoms with Gasteiger partial charge in [0, 0.05) is 56.7 Å². The topological polar surface area (TPSA) is 93.2 Å². The zero-order valence-electron chi connectivity index (χ0n) is 23.6. The number of alkyl halides is 3. The minimum absolute atomic E-state index is 0.433. The Labute approximate surface area is 245 Å². The molecule has 1 N–H and O–H groups in total. The molecule has 0 saturated carbocycles. The quantitative estimate of drug-likeness (QED) is 0.243. The Kier molecular flexibility index (Phi) is 7.80. The molecular formula is C30H30F3N7O3. The molecule has 2 aromatic carbocycles. The number of rotatable bonds is 9. The maximum Gasteiger partial charge on any atom is 0.416 e. The van der Waals surface area contributed by atoms with Gasteiger partial charge in [0.2, 0.25) is 11.8 Å². The van der Waals surface area contributed by atoms with Gasteiger partial charge in [0.05, 0.1) is 26.0 Å². The summed E-state index contributed by atoms with van der Waals surface area (Å²) in [6, 6.07) is 14.7. The summed E-state index contributed by atoms with van der Waals surface area (Å²) in [5.41, 5.74) is 2.40. The standard InChI is InChI=1S/C30H30F3N7O3/c1-41-24-9-8-20(15-26(24)42-2)17-34-29-35-18-21(28-36-27(37-40(28)29)25-7-4-14-43-25)19-38-10-12-39(13-11-38)23-6-3-5-22(16-23)30(31,32)33/h3-9,14-16,18H,10-13,17,19H2,1-2H3,(H,34,35). The van der Waals surface area contributed by atoms with Gasteiger partial charge in [-0.2, -0.15) is 17.7 Å². The Balaban J connectivity index is 1.20. The minimum atomic E-state index is -4.37. The Morgan fingerprint density at radius 1 is 0.953 bits per heavy atom. The van der Waals surface area contributed by atoms with Crippen molar-refractivity contribution in [1.29, 1.82) is 0 Å². The summed E-state index contributed by atoms with van der Waals surface area (Å²) in [6.07, 6.45) is -1.02. The lowest BCUT2D eigenvalue weighted by Gasteiger charge is -2.36. The highest BCUT2D eigenvalue weighted by atomic mass is 19.4. The molecule has 4 heterocycles. The van der Waals surface area contributed by atoms with E-state index in [1.807, 2.05) is 23.1 Å². The first-order valence-corrected chi connectivity index (χ1v) is 13.7. The molecule has 0 atom stereocenters. The highest BCUT2D eigenvalue weighted by Gasteiger charge is 2.31. The van der Waals surface area contributed by atoms with E-state index in [0.29, 0.717) is 79.6 Å². The number of hydrogen-bond acceptors (Lipinski definition) is 9. The molecule has 13 heteroatoms. The lowest BCUT2D eigenvalue weighted by atomic mass is 10.1. The summed E-state index contributed by atoms with van der Waals surface area (Å²) in [7, 11) is 3.19. The molecule has 1 aliphatic rings. The monoisotopic (exact) mass is 593 g/mol. The number of benzene rings is 2. The van der Waals surface area contributed by atoms with Crippen LogP contribution in [0.5, 0.6) is 11.5 Å². The predicted octanol–water partition coefficient (Wildman–Crippen LogP) is 5.35. The third-order valence-corrected chi connectivity index (χ3v) is 7.38. The maximum atomic E-state index is 13.2. The minimum Gasteiger partial charge on any atom is -0.493 e. The van der Waals surface area contributed by atoms with E-state index in [0.717, 1.165) is 17.2 Å². The summed E-state index contributed by atoms with van der Waals surface area (Å²) >= 11 is 0. The van der Waals surface area contributed by atoms with Crippen LogP contribution >= 0.6 is 0 Å². The van der Waals surface area contributed by atoms with Gasteiger partial charge in [-0.3, -0.25) is 4.90 Å². The number of fused-ring (bicyclic) bond motifs is 1. The number of piperazine rings is 1. The molecule has 0 spiro atoms. The smallest absolute Gasteiger partial charge is 0.416 e. The maximum absolute atomic E-state index is 13.2. The van der Waals surface area contributed by atoms with E-state index in [9.17, 15) is 13.2 Å². The van der Waals surface area contributed by atoms with Crippen molar-refractivity contribution in [3.05, 3.63) is 83.7 Å². The lowest BCUT2D eigenvalue weighted by Crippen LogP contribution is -2.46. The van der Waals surface area contributed by atoms with Crippen LogP contribution in [0.3, 0.4) is 0 Å². The van der Waals surface area contributed by atoms with Crippen LogP contribution in [0.15, 0.2) is 71.5 Å². The molecule has 0 radical (unpaired) electrons. The summed E-state index contributed by atoms with van der Waals surface area (Å²) in [4.78, 5) is 13.7. The zero-order chi connectivity index (χ0) is 30.0. The first-order valence-electron chi connectivity index (χ1n) is 13.7. The fraction of sp³-hybridized carbons (Fsp3) is 0.300. The van der Waals surface area contributed by atoms with Gasteiger partial charge in [0.15, 0.2) is 22.9 Å². The van der Waals surface area contributed by atoms with E-state index in [1.165, 1.54) is 12.1 Å². The molecule has 0 amide bonds. The van der Waals surface area contributed by atoms with Crippen molar-refractivity contribution in [2.45, 2.75) is 19.3 Å². The van der Waals surface area contributed by atoms with Crippen LogP contribution in [-0.2, 0) is 19.3 Å². The van der Waals surface area contributed by atoms with Crippen molar-refractivity contribution >= 4 is 17.3 Å². The summed E-state index contributed by atoms with van der Waals surface area (Å²) in [5.74, 6) is 2.75. The van der Waals surface area contributed by atoms with Crippen LogP contribution in [0.25, 0.3) is 17.2 Å². The first-order chi connectivity index (χ1) is 20.8. The number of hydrogen-bond donors (Lipinski definition) is 1. The second-order valence-corrected chi connectivity index (χ2v) is 10.1. The summed E-state index contributed by atoms with van der Waals surface area (Å²) in [6.45, 7) is 3.54. The van der Waals surface area contributed by atoms with Crippen molar-refractivity contribution in [2.75, 3.05) is 50.6 Å². The van der Waals surface area contributed by atoms with Crippen LogP contribution in [0.1, 0.15) is 16.7 Å². The van der Waals surface area contributed by atoms with Gasteiger partial charge < -0.3 is 24.1 Å². The number of furan rings is 1. The summed E-state index contributed by atoms with van der Waals surface area (Å²) < 4.78 is 57.6. The SMILES string of the molecule is COc1ccc(CNc2ncc(CN3CCN(c4cccc(C(F)(F)F)c4)CC3)c3nc(-c4ccco4)nn23)cc1OC. The lowest BCUT2D eigenvalue weighted by molar-refractivity contribution is -0.137. The number of halogens is 3. The van der Waals surface area contributed by atoms with Crippen LogP contribution in [-0.4, -0.2) is 64.9 Å². The third kappa shape index (κ3) is 6.07. The first kappa shape index (κ1) is 28.3. The van der Waals surface area contributed by atoms with Gasteiger partial charge in [-0.1, -0.05) is 12.1 Å². The van der Waals surface area contributed by atoms with E-state index in [-0.39, 0.29) is 0 Å². The molecule has 224 valence electrons. The fourth-order valence-electron chi connectivity index (χ4n) is 5.12. The van der Waals surface area contributed by atoms with Gasteiger partial charge in [-0.15, -0.1) is 5.10 Å². The van der Waals surface area contributed by atoms with Crippen molar-refractivity contribution in [1.82, 2.24) is 24.5 Å². The summed E-state index contributed by atoms with van der Waals surface area (Å²) in [5, 5.41) is 8.03. The average Bonchev–Trinajstić information content (AvgIpc) is 3.72. The number of nitrogens with zero attached hydrogens (tertiary/aromatic N) is 6. The number of nitrogens with one attached hydrogen (secondary N) is 1. The van der Waals surface area contributed by atoms with E-state index < -0.39 is 11.7 Å². The van der Waals surface area contributed by atoms with Crippen LogP contribution in [0.4, 0.5) is 24.8 Å². The Bertz CT molecular complexity index is 1700. The van der Waals surface area contributed by atoms with Gasteiger partial charge >= 0.3 is 6.18 Å². The van der Waals surface area contributed by atoms with Crippen molar-refractivity contribution in [3.8, 4) is 23.1 Å². The number of methoxy groups -OCH3 is 2. The largest absolute Gasteiger partial charge is 0.493 e. The molecule has 1 fully saturated rings. The number of anilines is 2. The molecular weight excluding hydrogens is 563 g/mol. The van der Waals surface area contributed by atoms with Gasteiger partial charge in [-0.25, -0.2) is 9.97 Å². The van der Waals surface area contributed by atoms with Crippen molar-refractivity contribution < 1.29 is 27.1 Å². The highest BCUT2D eigenvalue weighted by molar-refractivity contribution is 5.58. The van der Waals surface area contributed by atoms with Crippen LogP contribution in [0, 0.1) is 0 Å². The third-order valence-electron chi connectivity index (χ3n) is 7.38. The molecule has 5 aromatic rings. The van der Waals surface area contributed by atoms with E-state index >= 15 is 0 Å². The van der Waals surface area contributed by atoms with Crippen LogP contribution in [0.2, 0.25) is 0 Å². The Hall–Kier alpha value is -4.78. The van der Waals surface area contributed by atoms with Crippen LogP contribution < -0.4 is 19.7 Å².